The van der Waals surface area contributed by atoms with Crippen LogP contribution in [0.3, 0.4) is 0 Å². The normalized spacial score (nSPS) is 11.1. The van der Waals surface area contributed by atoms with Gasteiger partial charge in [-0.05, 0) is 23.3 Å². The summed E-state index contributed by atoms with van der Waals surface area (Å²) in [6.45, 7) is -0.213. The molecule has 2 aromatic heterocycles. The molecule has 0 amide bonds. The lowest BCUT2D eigenvalue weighted by Gasteiger charge is -2.08. The third-order valence-corrected chi connectivity index (χ3v) is 3.04. The van der Waals surface area contributed by atoms with Crippen molar-refractivity contribution in [3.63, 3.8) is 0 Å². The fraction of sp³-hybridized carbons (Fsp3) is 0.154. The first-order valence-corrected chi connectivity index (χ1v) is 6.01. The van der Waals surface area contributed by atoms with Crippen molar-refractivity contribution in [2.24, 2.45) is 0 Å². The van der Waals surface area contributed by atoms with E-state index in [4.69, 9.17) is 5.73 Å². The van der Waals surface area contributed by atoms with Crippen LogP contribution < -0.4 is 5.73 Å². The molecule has 0 atom stereocenters. The van der Waals surface area contributed by atoms with Crippen LogP contribution in [-0.2, 0) is 13.2 Å². The molecule has 20 heavy (non-hydrogen) atoms. The predicted octanol–water partition coefficient (Wildman–Crippen LogP) is 0.382. The van der Waals surface area contributed by atoms with Crippen LogP contribution in [0.2, 0.25) is 0 Å². The highest BCUT2D eigenvalue weighted by atomic mass is 16.3. The zero-order valence-electron chi connectivity index (χ0n) is 10.6. The van der Waals surface area contributed by atoms with E-state index >= 15 is 0 Å². The molecule has 0 bridgehead atoms. The number of aliphatic hydroxyl groups excluding tert-OH is 2. The van der Waals surface area contributed by atoms with Gasteiger partial charge < -0.3 is 15.9 Å². The largest absolute Gasteiger partial charge is 0.392 e. The highest BCUT2D eigenvalue weighted by Crippen LogP contribution is 2.21. The van der Waals surface area contributed by atoms with Crippen molar-refractivity contribution < 1.29 is 10.2 Å². The molecule has 0 spiro atoms. The van der Waals surface area contributed by atoms with E-state index in [0.717, 1.165) is 5.69 Å². The molecule has 0 fully saturated rings. The lowest BCUT2D eigenvalue weighted by atomic mass is 10.1. The van der Waals surface area contributed by atoms with Crippen LogP contribution in [0.5, 0.6) is 0 Å². The number of nitrogen functional groups attached to an aromatic ring is 1. The number of fused-ring (bicyclic) bond motifs is 1. The molecule has 1 aromatic carbocycles. The summed E-state index contributed by atoms with van der Waals surface area (Å²) in [5.41, 5.74) is 9.01. The minimum atomic E-state index is -0.107. The number of hydrogen-bond donors (Lipinski definition) is 3. The minimum Gasteiger partial charge on any atom is -0.392 e. The average Bonchev–Trinajstić information content (AvgIpc) is 2.92. The first kappa shape index (κ1) is 12.5. The van der Waals surface area contributed by atoms with E-state index in [1.165, 1.54) is 6.33 Å². The third-order valence-electron chi connectivity index (χ3n) is 3.04. The van der Waals surface area contributed by atoms with Crippen LogP contribution in [0.1, 0.15) is 11.1 Å². The molecule has 0 saturated carbocycles. The molecule has 7 heteroatoms. The first-order chi connectivity index (χ1) is 9.72. The average molecular weight is 271 g/mol. The summed E-state index contributed by atoms with van der Waals surface area (Å²) >= 11 is 0. The van der Waals surface area contributed by atoms with Gasteiger partial charge in [0.25, 0.3) is 0 Å². The van der Waals surface area contributed by atoms with Crippen LogP contribution in [0.15, 0.2) is 30.9 Å². The summed E-state index contributed by atoms with van der Waals surface area (Å²) in [4.78, 5) is 12.3. The van der Waals surface area contributed by atoms with Gasteiger partial charge in [0.1, 0.15) is 12.7 Å². The quantitative estimate of drug-likeness (QED) is 0.635. The topological polar surface area (TPSA) is 110 Å². The zero-order valence-corrected chi connectivity index (χ0v) is 10.6. The van der Waals surface area contributed by atoms with Crippen molar-refractivity contribution in [2.45, 2.75) is 13.2 Å². The van der Waals surface area contributed by atoms with Gasteiger partial charge in [-0.3, -0.25) is 4.57 Å². The Kier molecular flexibility index (Phi) is 3.05. The maximum atomic E-state index is 9.28. The molecule has 0 aliphatic carbocycles. The Bertz CT molecular complexity index is 746. The maximum absolute atomic E-state index is 9.28. The van der Waals surface area contributed by atoms with Crippen molar-refractivity contribution in [1.29, 1.82) is 0 Å². The molecule has 3 aromatic rings. The summed E-state index contributed by atoms with van der Waals surface area (Å²) < 4.78 is 1.74. The number of hydrogen-bond acceptors (Lipinski definition) is 6. The molecule has 0 unspecified atom stereocenters. The second-order valence-corrected chi connectivity index (χ2v) is 4.37. The van der Waals surface area contributed by atoms with Crippen LogP contribution in [0.4, 0.5) is 5.82 Å². The van der Waals surface area contributed by atoms with E-state index < -0.39 is 0 Å². The van der Waals surface area contributed by atoms with Crippen molar-refractivity contribution in [3.8, 4) is 5.69 Å². The Labute approximate surface area is 114 Å². The van der Waals surface area contributed by atoms with Gasteiger partial charge in [-0.25, -0.2) is 15.0 Å². The molecule has 2 heterocycles. The van der Waals surface area contributed by atoms with Crippen LogP contribution >= 0.6 is 0 Å². The second-order valence-electron chi connectivity index (χ2n) is 4.37. The fourth-order valence-corrected chi connectivity index (χ4v) is 2.11. The molecule has 0 radical (unpaired) electrons. The smallest absolute Gasteiger partial charge is 0.170 e. The highest BCUT2D eigenvalue weighted by Gasteiger charge is 2.10. The van der Waals surface area contributed by atoms with Gasteiger partial charge in [0.2, 0.25) is 0 Å². The Morgan fingerprint density at radius 2 is 1.70 bits per heavy atom. The summed E-state index contributed by atoms with van der Waals surface area (Å²) in [7, 11) is 0. The summed E-state index contributed by atoms with van der Waals surface area (Å²) in [5.74, 6) is 0.314. The van der Waals surface area contributed by atoms with Crippen molar-refractivity contribution in [1.82, 2.24) is 19.5 Å². The Hall–Kier alpha value is -2.51. The predicted molar refractivity (Wildman–Crippen MR) is 72.9 cm³/mol. The van der Waals surface area contributed by atoms with Crippen molar-refractivity contribution >= 4 is 17.0 Å². The number of aliphatic hydroxyl groups is 2. The summed E-state index contributed by atoms with van der Waals surface area (Å²) in [6.07, 6.45) is 2.96. The molecular formula is C13H13N5O2. The molecule has 0 aliphatic heterocycles. The molecule has 102 valence electrons. The molecule has 7 nitrogen and oxygen atoms in total. The molecule has 4 N–H and O–H groups in total. The summed E-state index contributed by atoms with van der Waals surface area (Å²) in [5, 5.41) is 18.6. The summed E-state index contributed by atoms with van der Waals surface area (Å²) in [6, 6.07) is 5.35. The van der Waals surface area contributed by atoms with E-state index in [9.17, 15) is 10.2 Å². The number of aromatic nitrogens is 4. The Morgan fingerprint density at radius 1 is 1.00 bits per heavy atom. The molecule has 0 saturated heterocycles. The van der Waals surface area contributed by atoms with Crippen LogP contribution in [-0.4, -0.2) is 29.7 Å². The number of rotatable bonds is 3. The number of imidazole rings is 1. The standard InChI is InChI=1S/C13H13N5O2/c14-12-11-13(16-6-15-12)18(7-17-11)10-2-8(4-19)1-9(3-10)5-20/h1-3,6-7,19-20H,4-5H2,(H2,14,15,16). The first-order valence-electron chi connectivity index (χ1n) is 6.01. The van der Waals surface area contributed by atoms with Gasteiger partial charge in [-0.15, -0.1) is 0 Å². The third kappa shape index (κ3) is 1.98. The van der Waals surface area contributed by atoms with E-state index in [-0.39, 0.29) is 13.2 Å². The van der Waals surface area contributed by atoms with E-state index in [2.05, 4.69) is 15.0 Å². The van der Waals surface area contributed by atoms with E-state index in [0.29, 0.717) is 28.1 Å². The Balaban J connectivity index is 2.22. The van der Waals surface area contributed by atoms with Gasteiger partial charge in [0, 0.05) is 5.69 Å². The zero-order chi connectivity index (χ0) is 14.1. The maximum Gasteiger partial charge on any atom is 0.170 e. The lowest BCUT2D eigenvalue weighted by molar-refractivity contribution is 0.275. The van der Waals surface area contributed by atoms with Crippen LogP contribution in [0.25, 0.3) is 16.9 Å². The SMILES string of the molecule is Nc1ncnc2c1ncn2-c1cc(CO)cc(CO)c1. The highest BCUT2D eigenvalue weighted by molar-refractivity contribution is 5.82. The molecular weight excluding hydrogens is 258 g/mol. The Morgan fingerprint density at radius 3 is 2.35 bits per heavy atom. The van der Waals surface area contributed by atoms with E-state index in [1.807, 2.05) is 0 Å². The van der Waals surface area contributed by atoms with Crippen molar-refractivity contribution in [3.05, 3.63) is 42.0 Å². The monoisotopic (exact) mass is 271 g/mol. The minimum absolute atomic E-state index is 0.107. The van der Waals surface area contributed by atoms with Crippen LogP contribution in [0, 0.1) is 0 Å². The van der Waals surface area contributed by atoms with Crippen molar-refractivity contribution in [2.75, 3.05) is 5.73 Å². The van der Waals surface area contributed by atoms with Gasteiger partial charge in [0.15, 0.2) is 17.0 Å². The van der Waals surface area contributed by atoms with Gasteiger partial charge in [0.05, 0.1) is 13.2 Å². The number of nitrogens with zero attached hydrogens (tertiary/aromatic N) is 4. The molecule has 0 aliphatic rings. The van der Waals surface area contributed by atoms with Gasteiger partial charge in [-0.1, -0.05) is 6.07 Å². The second kappa shape index (κ2) is 4.87. The fourth-order valence-electron chi connectivity index (χ4n) is 2.11. The van der Waals surface area contributed by atoms with Gasteiger partial charge >= 0.3 is 0 Å². The molecule has 3 rings (SSSR count). The number of anilines is 1. The lowest BCUT2D eigenvalue weighted by Crippen LogP contribution is -1.99. The number of benzene rings is 1. The van der Waals surface area contributed by atoms with Gasteiger partial charge in [-0.2, -0.15) is 0 Å². The van der Waals surface area contributed by atoms with E-state index in [1.54, 1.807) is 29.1 Å². The number of nitrogens with two attached hydrogens (primary N) is 1.